The number of carbonyl (C=O) groups excluding carboxylic acids is 1. The summed E-state index contributed by atoms with van der Waals surface area (Å²) in [5, 5.41) is 11.4. The smallest absolute Gasteiger partial charge is 0.413 e. The number of pyridine rings is 1. The molecule has 2 rings (SSSR count). The molecule has 1 heterocycles. The number of ether oxygens (including phenoxy) is 1. The van der Waals surface area contributed by atoms with E-state index < -0.39 is 6.09 Å². The highest BCUT2D eigenvalue weighted by molar-refractivity contribution is 7.98. The van der Waals surface area contributed by atoms with Gasteiger partial charge in [0.1, 0.15) is 12.4 Å². The van der Waals surface area contributed by atoms with Crippen molar-refractivity contribution in [3.8, 4) is 0 Å². The average Bonchev–Trinajstić information content (AvgIpc) is 2.55. The lowest BCUT2D eigenvalue weighted by Crippen LogP contribution is -2.14. The first-order valence-corrected chi connectivity index (χ1v) is 8.04. The van der Waals surface area contributed by atoms with Crippen LogP contribution in [0.5, 0.6) is 0 Å². The topological polar surface area (TPSA) is 71.5 Å². The molecule has 0 saturated heterocycles. The molecule has 1 aromatic carbocycles. The van der Waals surface area contributed by atoms with Gasteiger partial charge in [0.25, 0.3) is 0 Å². The number of aliphatic hydroxyl groups excluding tert-OH is 1. The van der Waals surface area contributed by atoms with E-state index in [-0.39, 0.29) is 13.2 Å². The molecule has 0 aliphatic rings. The van der Waals surface area contributed by atoms with Crippen LogP contribution >= 0.6 is 11.8 Å². The third-order valence-electron chi connectivity index (χ3n) is 2.77. The standard InChI is InChI=1S/C16H18N2O3S/c19-8-9-22-12-14-6-7-17-15(10-14)18-16(20)21-11-13-4-2-1-3-5-13/h1-7,10,19H,8-9,11-12H2,(H,17,18,20). The van der Waals surface area contributed by atoms with Crippen molar-refractivity contribution in [3.05, 3.63) is 59.8 Å². The van der Waals surface area contributed by atoms with Crippen LogP contribution in [0.2, 0.25) is 0 Å². The molecule has 5 nitrogen and oxygen atoms in total. The Bertz CT molecular complexity index is 593. The highest BCUT2D eigenvalue weighted by Crippen LogP contribution is 2.14. The van der Waals surface area contributed by atoms with Crippen LogP contribution in [0.4, 0.5) is 10.6 Å². The van der Waals surface area contributed by atoms with E-state index in [0.29, 0.717) is 11.6 Å². The van der Waals surface area contributed by atoms with Crippen molar-refractivity contribution in [2.45, 2.75) is 12.4 Å². The number of hydrogen-bond acceptors (Lipinski definition) is 5. The van der Waals surface area contributed by atoms with Crippen LogP contribution in [-0.2, 0) is 17.1 Å². The predicted molar refractivity (Wildman–Crippen MR) is 87.7 cm³/mol. The summed E-state index contributed by atoms with van der Waals surface area (Å²) in [7, 11) is 0. The normalized spacial score (nSPS) is 10.2. The van der Waals surface area contributed by atoms with E-state index >= 15 is 0 Å². The van der Waals surface area contributed by atoms with Gasteiger partial charge in [0.2, 0.25) is 0 Å². The summed E-state index contributed by atoms with van der Waals surface area (Å²) in [6.45, 7) is 0.380. The molecule has 22 heavy (non-hydrogen) atoms. The summed E-state index contributed by atoms with van der Waals surface area (Å²) in [5.74, 6) is 1.90. The minimum atomic E-state index is -0.531. The summed E-state index contributed by atoms with van der Waals surface area (Å²) < 4.78 is 5.14. The fourth-order valence-electron chi connectivity index (χ4n) is 1.75. The number of hydrogen-bond donors (Lipinski definition) is 2. The molecule has 0 spiro atoms. The number of nitrogens with one attached hydrogen (secondary N) is 1. The third-order valence-corrected chi connectivity index (χ3v) is 3.78. The van der Waals surface area contributed by atoms with Crippen molar-refractivity contribution in [1.29, 1.82) is 0 Å². The quantitative estimate of drug-likeness (QED) is 0.768. The van der Waals surface area contributed by atoms with Gasteiger partial charge in [-0.05, 0) is 23.3 Å². The van der Waals surface area contributed by atoms with Gasteiger partial charge in [-0.25, -0.2) is 9.78 Å². The Hall–Kier alpha value is -2.05. The lowest BCUT2D eigenvalue weighted by molar-refractivity contribution is 0.155. The molecule has 1 amide bonds. The van der Waals surface area contributed by atoms with Gasteiger partial charge in [-0.2, -0.15) is 11.8 Å². The summed E-state index contributed by atoms with van der Waals surface area (Å²) in [5.41, 5.74) is 1.96. The second-order valence-corrected chi connectivity index (χ2v) is 5.62. The van der Waals surface area contributed by atoms with Gasteiger partial charge in [0, 0.05) is 17.7 Å². The molecule has 0 saturated carbocycles. The van der Waals surface area contributed by atoms with Gasteiger partial charge in [0.15, 0.2) is 0 Å². The van der Waals surface area contributed by atoms with Crippen molar-refractivity contribution < 1.29 is 14.6 Å². The molecule has 0 aliphatic heterocycles. The zero-order valence-electron chi connectivity index (χ0n) is 12.1. The monoisotopic (exact) mass is 318 g/mol. The van der Waals surface area contributed by atoms with Crippen LogP contribution in [0.1, 0.15) is 11.1 Å². The van der Waals surface area contributed by atoms with Crippen molar-refractivity contribution in [3.63, 3.8) is 0 Å². The first-order chi connectivity index (χ1) is 10.8. The molecule has 2 N–H and O–H groups in total. The molecule has 0 aliphatic carbocycles. The Kier molecular flexibility index (Phi) is 6.73. The molecule has 1 aromatic heterocycles. The van der Waals surface area contributed by atoms with Gasteiger partial charge in [-0.3, -0.25) is 5.32 Å². The third kappa shape index (κ3) is 5.75. The number of aromatic nitrogens is 1. The van der Waals surface area contributed by atoms with Gasteiger partial charge in [-0.15, -0.1) is 0 Å². The number of amides is 1. The Morgan fingerprint density at radius 3 is 2.82 bits per heavy atom. The molecule has 0 bridgehead atoms. The molecule has 0 radical (unpaired) electrons. The van der Waals surface area contributed by atoms with Crippen LogP contribution in [0.25, 0.3) is 0 Å². The van der Waals surface area contributed by atoms with Crippen LogP contribution in [-0.4, -0.2) is 28.5 Å². The number of rotatable bonds is 7. The summed E-state index contributed by atoms with van der Waals surface area (Å²) >= 11 is 1.62. The number of aliphatic hydroxyl groups is 1. The minimum Gasteiger partial charge on any atom is -0.444 e. The fraction of sp³-hybridized carbons (Fsp3) is 0.250. The zero-order chi connectivity index (χ0) is 15.6. The van der Waals surface area contributed by atoms with Crippen molar-refractivity contribution in [2.75, 3.05) is 17.7 Å². The second kappa shape index (κ2) is 9.07. The fourth-order valence-corrected chi connectivity index (χ4v) is 2.44. The molecule has 0 atom stereocenters. The van der Waals surface area contributed by atoms with Crippen LogP contribution in [0.3, 0.4) is 0 Å². The predicted octanol–water partition coefficient (Wildman–Crippen LogP) is 3.06. The Morgan fingerprint density at radius 1 is 1.23 bits per heavy atom. The van der Waals surface area contributed by atoms with E-state index in [9.17, 15) is 4.79 Å². The summed E-state index contributed by atoms with van der Waals surface area (Å²) in [4.78, 5) is 15.8. The van der Waals surface area contributed by atoms with Gasteiger partial charge >= 0.3 is 6.09 Å². The van der Waals surface area contributed by atoms with E-state index in [2.05, 4.69) is 10.3 Å². The van der Waals surface area contributed by atoms with E-state index in [4.69, 9.17) is 9.84 Å². The van der Waals surface area contributed by atoms with Gasteiger partial charge in [0.05, 0.1) is 6.61 Å². The van der Waals surface area contributed by atoms with Crippen molar-refractivity contribution in [2.24, 2.45) is 0 Å². The van der Waals surface area contributed by atoms with Crippen LogP contribution in [0, 0.1) is 0 Å². The number of benzene rings is 1. The Balaban J connectivity index is 1.82. The second-order valence-electron chi connectivity index (χ2n) is 4.51. The van der Waals surface area contributed by atoms with Gasteiger partial charge in [-0.1, -0.05) is 30.3 Å². The molecular formula is C16H18N2O3S. The largest absolute Gasteiger partial charge is 0.444 e. The zero-order valence-corrected chi connectivity index (χ0v) is 12.9. The molecule has 6 heteroatoms. The lowest BCUT2D eigenvalue weighted by Gasteiger charge is -2.07. The number of thioether (sulfide) groups is 1. The average molecular weight is 318 g/mol. The maximum atomic E-state index is 11.7. The molecule has 116 valence electrons. The van der Waals surface area contributed by atoms with Crippen molar-refractivity contribution >= 4 is 23.7 Å². The molecule has 0 fully saturated rings. The first kappa shape index (κ1) is 16.3. The van der Waals surface area contributed by atoms with E-state index in [1.807, 2.05) is 36.4 Å². The summed E-state index contributed by atoms with van der Waals surface area (Å²) in [6.07, 6.45) is 1.11. The molecular weight excluding hydrogens is 300 g/mol. The molecule has 2 aromatic rings. The Labute approximate surface area is 133 Å². The maximum absolute atomic E-state index is 11.7. The lowest BCUT2D eigenvalue weighted by atomic mass is 10.2. The van der Waals surface area contributed by atoms with Crippen LogP contribution < -0.4 is 5.32 Å². The SMILES string of the molecule is O=C(Nc1cc(CSCCO)ccn1)OCc1ccccc1. The number of anilines is 1. The van der Waals surface area contributed by atoms with Gasteiger partial charge < -0.3 is 9.84 Å². The maximum Gasteiger partial charge on any atom is 0.413 e. The highest BCUT2D eigenvalue weighted by atomic mass is 32.2. The minimum absolute atomic E-state index is 0.159. The Morgan fingerprint density at radius 2 is 2.05 bits per heavy atom. The van der Waals surface area contributed by atoms with Crippen molar-refractivity contribution in [1.82, 2.24) is 4.98 Å². The first-order valence-electron chi connectivity index (χ1n) is 6.89. The van der Waals surface area contributed by atoms with Crippen LogP contribution in [0.15, 0.2) is 48.7 Å². The molecule has 0 unspecified atom stereocenters. The van der Waals surface area contributed by atoms with E-state index in [1.54, 1.807) is 24.0 Å². The highest BCUT2D eigenvalue weighted by Gasteiger charge is 2.05. The van der Waals surface area contributed by atoms with E-state index in [1.165, 1.54) is 0 Å². The summed E-state index contributed by atoms with van der Waals surface area (Å²) in [6, 6.07) is 13.2. The van der Waals surface area contributed by atoms with E-state index in [0.717, 1.165) is 16.9 Å². The number of nitrogens with zero attached hydrogens (tertiary/aromatic N) is 1. The number of carbonyl (C=O) groups is 1.